The molecule has 0 aromatic heterocycles. The highest BCUT2D eigenvalue weighted by Gasteiger charge is 2.15. The van der Waals surface area contributed by atoms with Crippen molar-refractivity contribution in [1.29, 1.82) is 0 Å². The third kappa shape index (κ3) is 3.18. The van der Waals surface area contributed by atoms with Gasteiger partial charge in [0.15, 0.2) is 0 Å². The standard InChI is InChI=1S/C10H10BrClFNO/c1-6(5-12)14-10(15)7-3-2-4-8(11)9(7)13/h2-4,6H,5H2,1H3,(H,14,15). The molecule has 2 nitrogen and oxygen atoms in total. The Hall–Kier alpha value is -0.610. The summed E-state index contributed by atoms with van der Waals surface area (Å²) in [5.74, 6) is -0.722. The molecule has 1 aromatic rings. The summed E-state index contributed by atoms with van der Waals surface area (Å²) in [4.78, 5) is 11.6. The van der Waals surface area contributed by atoms with Crippen LogP contribution >= 0.6 is 27.5 Å². The van der Waals surface area contributed by atoms with E-state index in [4.69, 9.17) is 11.6 Å². The lowest BCUT2D eigenvalue weighted by molar-refractivity contribution is 0.0939. The van der Waals surface area contributed by atoms with Crippen LogP contribution in [0.2, 0.25) is 0 Å². The molecule has 0 radical (unpaired) electrons. The van der Waals surface area contributed by atoms with Gasteiger partial charge in [0.05, 0.1) is 10.0 Å². The number of hydrogen-bond donors (Lipinski definition) is 1. The van der Waals surface area contributed by atoms with Crippen molar-refractivity contribution in [2.45, 2.75) is 13.0 Å². The summed E-state index contributed by atoms with van der Waals surface area (Å²) in [5, 5.41) is 2.58. The van der Waals surface area contributed by atoms with Crippen LogP contribution in [0.3, 0.4) is 0 Å². The highest BCUT2D eigenvalue weighted by Crippen LogP contribution is 2.18. The molecule has 1 N–H and O–H groups in total. The Morgan fingerprint density at radius 3 is 2.93 bits per heavy atom. The van der Waals surface area contributed by atoms with E-state index >= 15 is 0 Å². The average molecular weight is 295 g/mol. The summed E-state index contributed by atoms with van der Waals surface area (Å²) in [6, 6.07) is 4.39. The van der Waals surface area contributed by atoms with Crippen LogP contribution in [0.1, 0.15) is 17.3 Å². The van der Waals surface area contributed by atoms with Gasteiger partial charge in [0.2, 0.25) is 0 Å². The molecule has 1 unspecified atom stereocenters. The first-order valence-corrected chi connectivity index (χ1v) is 5.70. The molecule has 0 fully saturated rings. The van der Waals surface area contributed by atoms with Crippen LogP contribution in [-0.2, 0) is 0 Å². The summed E-state index contributed by atoms with van der Waals surface area (Å²) >= 11 is 8.55. The second kappa shape index (κ2) is 5.47. The van der Waals surface area contributed by atoms with Crippen molar-refractivity contribution < 1.29 is 9.18 Å². The largest absolute Gasteiger partial charge is 0.348 e. The topological polar surface area (TPSA) is 29.1 Å². The maximum Gasteiger partial charge on any atom is 0.254 e. The van der Waals surface area contributed by atoms with Crippen LogP contribution in [0.5, 0.6) is 0 Å². The molecule has 0 aliphatic heterocycles. The number of benzene rings is 1. The van der Waals surface area contributed by atoms with Gasteiger partial charge >= 0.3 is 0 Å². The normalized spacial score (nSPS) is 12.3. The van der Waals surface area contributed by atoms with Crippen molar-refractivity contribution in [3.63, 3.8) is 0 Å². The first-order valence-electron chi connectivity index (χ1n) is 4.37. The van der Waals surface area contributed by atoms with Crippen molar-refractivity contribution >= 4 is 33.4 Å². The predicted molar refractivity (Wildman–Crippen MR) is 61.7 cm³/mol. The van der Waals surface area contributed by atoms with E-state index < -0.39 is 11.7 Å². The molecule has 0 aliphatic rings. The van der Waals surface area contributed by atoms with Crippen LogP contribution < -0.4 is 5.32 Å². The fraction of sp³-hybridized carbons (Fsp3) is 0.300. The Morgan fingerprint density at radius 2 is 2.33 bits per heavy atom. The van der Waals surface area contributed by atoms with Crippen molar-refractivity contribution in [3.8, 4) is 0 Å². The number of halogens is 3. The zero-order valence-corrected chi connectivity index (χ0v) is 10.4. The molecule has 1 atom stereocenters. The van der Waals surface area contributed by atoms with E-state index in [-0.39, 0.29) is 16.1 Å². The molecule has 0 spiro atoms. The Morgan fingerprint density at radius 1 is 1.67 bits per heavy atom. The Labute approximate surface area is 101 Å². The van der Waals surface area contributed by atoms with E-state index in [0.717, 1.165) is 0 Å². The fourth-order valence-electron chi connectivity index (χ4n) is 1.02. The summed E-state index contributed by atoms with van der Waals surface area (Å²) in [6.07, 6.45) is 0. The number of amides is 1. The van der Waals surface area contributed by atoms with Gasteiger partial charge in [0.1, 0.15) is 5.82 Å². The van der Waals surface area contributed by atoms with Gasteiger partial charge in [-0.1, -0.05) is 6.07 Å². The van der Waals surface area contributed by atoms with Gasteiger partial charge in [-0.15, -0.1) is 11.6 Å². The minimum atomic E-state index is -0.559. The molecular formula is C10H10BrClFNO. The molecule has 0 heterocycles. The lowest BCUT2D eigenvalue weighted by atomic mass is 10.2. The van der Waals surface area contributed by atoms with Crippen LogP contribution in [0.4, 0.5) is 4.39 Å². The van der Waals surface area contributed by atoms with Crippen LogP contribution in [-0.4, -0.2) is 17.8 Å². The summed E-state index contributed by atoms with van der Waals surface area (Å²) in [6.45, 7) is 1.75. The summed E-state index contributed by atoms with van der Waals surface area (Å²) in [5.41, 5.74) is 0.0151. The first-order chi connectivity index (χ1) is 7.06. The van der Waals surface area contributed by atoms with Crippen molar-refractivity contribution in [1.82, 2.24) is 5.32 Å². The van der Waals surface area contributed by atoms with Gasteiger partial charge < -0.3 is 5.32 Å². The zero-order valence-electron chi connectivity index (χ0n) is 8.06. The monoisotopic (exact) mass is 293 g/mol. The SMILES string of the molecule is CC(CCl)NC(=O)c1cccc(Br)c1F. The molecule has 0 bridgehead atoms. The smallest absolute Gasteiger partial charge is 0.254 e. The number of carbonyl (C=O) groups is 1. The van der Waals surface area contributed by atoms with E-state index in [9.17, 15) is 9.18 Å². The quantitative estimate of drug-likeness (QED) is 0.853. The number of nitrogens with one attached hydrogen (secondary N) is 1. The minimum Gasteiger partial charge on any atom is -0.348 e. The van der Waals surface area contributed by atoms with Crippen LogP contribution in [0.25, 0.3) is 0 Å². The minimum absolute atomic E-state index is 0.0151. The van der Waals surface area contributed by atoms with Crippen LogP contribution in [0.15, 0.2) is 22.7 Å². The average Bonchev–Trinajstić information content (AvgIpc) is 2.21. The van der Waals surface area contributed by atoms with Gasteiger partial charge in [-0.05, 0) is 35.0 Å². The molecule has 0 saturated heterocycles. The zero-order chi connectivity index (χ0) is 11.4. The predicted octanol–water partition coefficient (Wildman–Crippen LogP) is 2.95. The molecule has 1 rings (SSSR count). The molecule has 15 heavy (non-hydrogen) atoms. The molecule has 5 heteroatoms. The van der Waals surface area contributed by atoms with E-state index in [1.165, 1.54) is 12.1 Å². The van der Waals surface area contributed by atoms with E-state index in [2.05, 4.69) is 21.2 Å². The lowest BCUT2D eigenvalue weighted by Crippen LogP contribution is -2.34. The molecule has 1 aromatic carbocycles. The highest BCUT2D eigenvalue weighted by atomic mass is 79.9. The fourth-order valence-corrected chi connectivity index (χ4v) is 1.46. The highest BCUT2D eigenvalue weighted by molar-refractivity contribution is 9.10. The van der Waals surface area contributed by atoms with Crippen molar-refractivity contribution in [3.05, 3.63) is 34.1 Å². The molecule has 0 saturated carbocycles. The van der Waals surface area contributed by atoms with Gasteiger partial charge in [0, 0.05) is 11.9 Å². The molecule has 82 valence electrons. The number of alkyl halides is 1. The maximum atomic E-state index is 13.5. The molecular weight excluding hydrogens is 284 g/mol. The molecule has 0 aliphatic carbocycles. The third-order valence-electron chi connectivity index (χ3n) is 1.81. The second-order valence-electron chi connectivity index (χ2n) is 3.13. The van der Waals surface area contributed by atoms with E-state index in [1.54, 1.807) is 13.0 Å². The van der Waals surface area contributed by atoms with Crippen molar-refractivity contribution in [2.24, 2.45) is 0 Å². The number of carbonyl (C=O) groups excluding carboxylic acids is 1. The third-order valence-corrected chi connectivity index (χ3v) is 2.88. The van der Waals surface area contributed by atoms with E-state index in [0.29, 0.717) is 5.88 Å². The molecule has 1 amide bonds. The van der Waals surface area contributed by atoms with Crippen molar-refractivity contribution in [2.75, 3.05) is 5.88 Å². The number of rotatable bonds is 3. The van der Waals surface area contributed by atoms with Gasteiger partial charge in [-0.25, -0.2) is 4.39 Å². The van der Waals surface area contributed by atoms with Crippen LogP contribution in [0, 0.1) is 5.82 Å². The van der Waals surface area contributed by atoms with Gasteiger partial charge in [0.25, 0.3) is 5.91 Å². The summed E-state index contributed by atoms with van der Waals surface area (Å²) in [7, 11) is 0. The maximum absolute atomic E-state index is 13.5. The Kier molecular flexibility index (Phi) is 4.54. The lowest BCUT2D eigenvalue weighted by Gasteiger charge is -2.11. The first kappa shape index (κ1) is 12.5. The van der Waals surface area contributed by atoms with E-state index in [1.807, 2.05) is 0 Å². The van der Waals surface area contributed by atoms with Gasteiger partial charge in [-0.2, -0.15) is 0 Å². The van der Waals surface area contributed by atoms with Gasteiger partial charge in [-0.3, -0.25) is 4.79 Å². The Balaban J connectivity index is 2.87. The number of hydrogen-bond acceptors (Lipinski definition) is 1. The summed E-state index contributed by atoms with van der Waals surface area (Å²) < 4.78 is 13.7. The second-order valence-corrected chi connectivity index (χ2v) is 4.29. The Bertz CT molecular complexity index is 372.